The van der Waals surface area contributed by atoms with Gasteiger partial charge in [-0.3, -0.25) is 4.68 Å². The first kappa shape index (κ1) is 12.2. The summed E-state index contributed by atoms with van der Waals surface area (Å²) in [5.41, 5.74) is 1.24. The number of aryl methyl sites for hydroxylation is 1. The second kappa shape index (κ2) is 6.58. The molecule has 1 aromatic rings. The topological polar surface area (TPSA) is 39.1 Å². The first-order valence-electron chi connectivity index (χ1n) is 5.51. The van der Waals surface area contributed by atoms with Gasteiger partial charge in [0.25, 0.3) is 0 Å². The standard InChI is InChI=1S/C11H21N3O/c1-4-7-14-11(5-6-13-14)8-12-10(2)9-15-3/h5-6,10,12H,4,7-9H2,1-3H3. The van der Waals surface area contributed by atoms with E-state index in [1.54, 1.807) is 7.11 Å². The predicted octanol–water partition coefficient (Wildman–Crippen LogP) is 1.42. The number of rotatable bonds is 7. The maximum atomic E-state index is 5.07. The van der Waals surface area contributed by atoms with Crippen LogP contribution in [0.1, 0.15) is 26.0 Å². The molecule has 1 heterocycles. The molecule has 86 valence electrons. The van der Waals surface area contributed by atoms with E-state index in [1.807, 2.05) is 10.9 Å². The minimum atomic E-state index is 0.375. The lowest BCUT2D eigenvalue weighted by molar-refractivity contribution is 0.171. The van der Waals surface area contributed by atoms with Gasteiger partial charge < -0.3 is 10.1 Å². The van der Waals surface area contributed by atoms with Crippen LogP contribution in [-0.4, -0.2) is 29.5 Å². The van der Waals surface area contributed by atoms with Crippen LogP contribution in [0.5, 0.6) is 0 Å². The molecule has 0 fully saturated rings. The van der Waals surface area contributed by atoms with Crippen LogP contribution in [0.15, 0.2) is 12.3 Å². The van der Waals surface area contributed by atoms with E-state index in [4.69, 9.17) is 4.74 Å². The molecule has 4 nitrogen and oxygen atoms in total. The van der Waals surface area contributed by atoms with Crippen molar-refractivity contribution in [1.29, 1.82) is 0 Å². The second-order valence-electron chi connectivity index (χ2n) is 3.78. The van der Waals surface area contributed by atoms with Gasteiger partial charge in [0.2, 0.25) is 0 Å². The highest BCUT2D eigenvalue weighted by Gasteiger charge is 2.04. The quantitative estimate of drug-likeness (QED) is 0.741. The lowest BCUT2D eigenvalue weighted by atomic mass is 10.3. The maximum Gasteiger partial charge on any atom is 0.0613 e. The lowest BCUT2D eigenvalue weighted by Crippen LogP contribution is -2.30. The summed E-state index contributed by atoms with van der Waals surface area (Å²) < 4.78 is 7.11. The van der Waals surface area contributed by atoms with Crippen LogP contribution >= 0.6 is 0 Å². The number of methoxy groups -OCH3 is 1. The Bertz CT molecular complexity index is 273. The SMILES string of the molecule is CCCn1nccc1CNC(C)COC. The van der Waals surface area contributed by atoms with Crippen LogP contribution in [0.25, 0.3) is 0 Å². The molecule has 0 bridgehead atoms. The summed E-state index contributed by atoms with van der Waals surface area (Å²) in [4.78, 5) is 0. The summed E-state index contributed by atoms with van der Waals surface area (Å²) in [7, 11) is 1.72. The number of ether oxygens (including phenoxy) is 1. The van der Waals surface area contributed by atoms with Crippen molar-refractivity contribution in [1.82, 2.24) is 15.1 Å². The smallest absolute Gasteiger partial charge is 0.0613 e. The first-order chi connectivity index (χ1) is 7.27. The number of nitrogens with one attached hydrogen (secondary N) is 1. The fraction of sp³-hybridized carbons (Fsp3) is 0.727. The Hall–Kier alpha value is -0.870. The summed E-state index contributed by atoms with van der Waals surface area (Å²) in [5, 5.41) is 7.67. The van der Waals surface area contributed by atoms with Gasteiger partial charge in [0, 0.05) is 32.4 Å². The minimum absolute atomic E-state index is 0.375. The molecule has 1 atom stereocenters. The van der Waals surface area contributed by atoms with E-state index >= 15 is 0 Å². The largest absolute Gasteiger partial charge is 0.383 e. The fourth-order valence-corrected chi connectivity index (χ4v) is 1.51. The molecule has 0 saturated carbocycles. The summed E-state index contributed by atoms with van der Waals surface area (Å²) in [6, 6.07) is 2.43. The second-order valence-corrected chi connectivity index (χ2v) is 3.78. The molecule has 0 aliphatic carbocycles. The van der Waals surface area contributed by atoms with Crippen molar-refractivity contribution in [3.05, 3.63) is 18.0 Å². The van der Waals surface area contributed by atoms with E-state index in [0.29, 0.717) is 6.04 Å². The Morgan fingerprint density at radius 1 is 1.60 bits per heavy atom. The van der Waals surface area contributed by atoms with Crippen molar-refractivity contribution in [2.24, 2.45) is 0 Å². The van der Waals surface area contributed by atoms with Crippen LogP contribution in [0, 0.1) is 0 Å². The molecule has 0 aromatic carbocycles. The van der Waals surface area contributed by atoms with E-state index in [0.717, 1.165) is 26.1 Å². The third-order valence-electron chi connectivity index (χ3n) is 2.29. The normalized spacial score (nSPS) is 13.0. The van der Waals surface area contributed by atoms with Gasteiger partial charge in [0.05, 0.1) is 12.3 Å². The van der Waals surface area contributed by atoms with Gasteiger partial charge in [0.15, 0.2) is 0 Å². The van der Waals surface area contributed by atoms with E-state index < -0.39 is 0 Å². The van der Waals surface area contributed by atoms with Crippen molar-refractivity contribution >= 4 is 0 Å². The highest BCUT2D eigenvalue weighted by Crippen LogP contribution is 2.00. The molecule has 0 saturated heterocycles. The molecule has 0 radical (unpaired) electrons. The van der Waals surface area contributed by atoms with Crippen LogP contribution in [0.2, 0.25) is 0 Å². The first-order valence-corrected chi connectivity index (χ1v) is 5.51. The summed E-state index contributed by atoms with van der Waals surface area (Å²) in [5.74, 6) is 0. The van der Waals surface area contributed by atoms with Crippen LogP contribution < -0.4 is 5.32 Å². The molecule has 0 aliphatic rings. The zero-order valence-corrected chi connectivity index (χ0v) is 9.86. The van der Waals surface area contributed by atoms with Gasteiger partial charge in [-0.2, -0.15) is 5.10 Å². The Kier molecular flexibility index (Phi) is 5.36. The van der Waals surface area contributed by atoms with Gasteiger partial charge in [-0.25, -0.2) is 0 Å². The van der Waals surface area contributed by atoms with Crippen molar-refractivity contribution in [3.63, 3.8) is 0 Å². The Morgan fingerprint density at radius 2 is 2.40 bits per heavy atom. The average molecular weight is 211 g/mol. The molecule has 1 rings (SSSR count). The molecule has 0 spiro atoms. The third-order valence-corrected chi connectivity index (χ3v) is 2.29. The number of nitrogens with zero attached hydrogens (tertiary/aromatic N) is 2. The van der Waals surface area contributed by atoms with E-state index in [2.05, 4.69) is 30.3 Å². The van der Waals surface area contributed by atoms with Gasteiger partial charge in [-0.15, -0.1) is 0 Å². The molecule has 1 aromatic heterocycles. The fourth-order valence-electron chi connectivity index (χ4n) is 1.51. The number of hydrogen-bond donors (Lipinski definition) is 1. The molecular formula is C11H21N3O. The predicted molar refractivity (Wildman–Crippen MR) is 60.7 cm³/mol. The number of aromatic nitrogens is 2. The number of hydrogen-bond acceptors (Lipinski definition) is 3. The van der Waals surface area contributed by atoms with Crippen molar-refractivity contribution < 1.29 is 4.74 Å². The van der Waals surface area contributed by atoms with Crippen LogP contribution in [-0.2, 0) is 17.8 Å². The van der Waals surface area contributed by atoms with Gasteiger partial charge >= 0.3 is 0 Å². The molecule has 0 aliphatic heterocycles. The molecule has 15 heavy (non-hydrogen) atoms. The monoisotopic (exact) mass is 211 g/mol. The summed E-state index contributed by atoms with van der Waals surface area (Å²) in [6.45, 7) is 6.85. The summed E-state index contributed by atoms with van der Waals surface area (Å²) >= 11 is 0. The van der Waals surface area contributed by atoms with Gasteiger partial charge in [0.1, 0.15) is 0 Å². The lowest BCUT2D eigenvalue weighted by Gasteiger charge is -2.13. The van der Waals surface area contributed by atoms with Gasteiger partial charge in [-0.1, -0.05) is 6.92 Å². The zero-order valence-electron chi connectivity index (χ0n) is 9.86. The van der Waals surface area contributed by atoms with Crippen molar-refractivity contribution in [2.45, 2.75) is 39.4 Å². The Balaban J connectivity index is 2.39. The maximum absolute atomic E-state index is 5.07. The average Bonchev–Trinajstić information content (AvgIpc) is 2.64. The summed E-state index contributed by atoms with van der Waals surface area (Å²) in [6.07, 6.45) is 2.97. The third kappa shape index (κ3) is 4.01. The highest BCUT2D eigenvalue weighted by atomic mass is 16.5. The van der Waals surface area contributed by atoms with Crippen molar-refractivity contribution in [3.8, 4) is 0 Å². The van der Waals surface area contributed by atoms with Crippen LogP contribution in [0.3, 0.4) is 0 Å². The molecular weight excluding hydrogens is 190 g/mol. The van der Waals surface area contributed by atoms with Crippen LogP contribution in [0.4, 0.5) is 0 Å². The minimum Gasteiger partial charge on any atom is -0.383 e. The van der Waals surface area contributed by atoms with E-state index in [1.165, 1.54) is 5.69 Å². The van der Waals surface area contributed by atoms with E-state index in [-0.39, 0.29) is 0 Å². The Labute approximate surface area is 91.6 Å². The van der Waals surface area contributed by atoms with Gasteiger partial charge in [-0.05, 0) is 19.4 Å². The zero-order chi connectivity index (χ0) is 11.1. The molecule has 4 heteroatoms. The molecule has 1 unspecified atom stereocenters. The molecule has 1 N–H and O–H groups in total. The highest BCUT2D eigenvalue weighted by molar-refractivity contribution is 5.00. The Morgan fingerprint density at radius 3 is 3.07 bits per heavy atom. The van der Waals surface area contributed by atoms with Crippen molar-refractivity contribution in [2.75, 3.05) is 13.7 Å². The van der Waals surface area contributed by atoms with E-state index in [9.17, 15) is 0 Å². The molecule has 0 amide bonds.